The maximum absolute atomic E-state index is 3.20. The molecular formula is C11H19N2+. The highest BCUT2D eigenvalue weighted by atomic mass is 15.4. The van der Waals surface area contributed by atoms with Crippen LogP contribution < -0.4 is 5.32 Å². The summed E-state index contributed by atoms with van der Waals surface area (Å²) < 4.78 is 0.973. The fraction of sp³-hybridized carbons (Fsp3) is 0.455. The number of nitrogens with one attached hydrogen (secondary N) is 1. The standard InChI is InChI=1S/C11H19N2/c1-12-10-13(2,3)9-11-7-5-4-6-8-11/h4-8,12H,9-10H2,1-3H3/q+1. The summed E-state index contributed by atoms with van der Waals surface area (Å²) in [7, 11) is 6.44. The molecule has 1 aromatic rings. The van der Waals surface area contributed by atoms with Crippen molar-refractivity contribution in [3.8, 4) is 0 Å². The van der Waals surface area contributed by atoms with E-state index in [1.807, 2.05) is 7.05 Å². The minimum Gasteiger partial charge on any atom is -0.312 e. The van der Waals surface area contributed by atoms with Crippen molar-refractivity contribution in [2.24, 2.45) is 0 Å². The zero-order chi connectivity index (χ0) is 9.73. The number of nitrogens with zero attached hydrogens (tertiary/aromatic N) is 1. The van der Waals surface area contributed by atoms with E-state index in [4.69, 9.17) is 0 Å². The van der Waals surface area contributed by atoms with E-state index in [-0.39, 0.29) is 0 Å². The second-order valence-corrected chi connectivity index (χ2v) is 4.09. The van der Waals surface area contributed by atoms with Gasteiger partial charge in [0.2, 0.25) is 0 Å². The molecule has 1 aromatic carbocycles. The number of quaternary nitrogens is 1. The second-order valence-electron chi connectivity index (χ2n) is 4.09. The highest BCUT2D eigenvalue weighted by Gasteiger charge is 2.13. The number of benzene rings is 1. The Hall–Kier alpha value is -0.860. The van der Waals surface area contributed by atoms with E-state index in [0.717, 1.165) is 17.7 Å². The van der Waals surface area contributed by atoms with Crippen LogP contribution in [0, 0.1) is 0 Å². The predicted octanol–water partition coefficient (Wildman–Crippen LogP) is 1.44. The first kappa shape index (κ1) is 10.2. The molecule has 0 bridgehead atoms. The number of hydrogen-bond donors (Lipinski definition) is 1. The van der Waals surface area contributed by atoms with Crippen molar-refractivity contribution in [2.45, 2.75) is 6.54 Å². The van der Waals surface area contributed by atoms with Crippen LogP contribution in [0.2, 0.25) is 0 Å². The molecule has 1 N–H and O–H groups in total. The molecule has 13 heavy (non-hydrogen) atoms. The molecule has 0 unspecified atom stereocenters. The Morgan fingerprint density at radius 1 is 1.15 bits per heavy atom. The van der Waals surface area contributed by atoms with Gasteiger partial charge < -0.3 is 4.48 Å². The Balaban J connectivity index is 2.58. The highest BCUT2D eigenvalue weighted by molar-refractivity contribution is 5.13. The largest absolute Gasteiger partial charge is 0.312 e. The minimum atomic E-state index is 0.973. The molecule has 0 fully saturated rings. The lowest BCUT2D eigenvalue weighted by Gasteiger charge is -2.29. The fourth-order valence-electron chi connectivity index (χ4n) is 1.56. The molecule has 0 saturated heterocycles. The molecule has 0 amide bonds. The molecule has 72 valence electrons. The van der Waals surface area contributed by atoms with Gasteiger partial charge in [0.15, 0.2) is 0 Å². The molecule has 2 nitrogen and oxygen atoms in total. The second kappa shape index (κ2) is 4.40. The van der Waals surface area contributed by atoms with E-state index in [0.29, 0.717) is 0 Å². The average molecular weight is 179 g/mol. The third-order valence-electron chi connectivity index (χ3n) is 2.04. The van der Waals surface area contributed by atoms with Gasteiger partial charge in [0, 0.05) is 5.56 Å². The summed E-state index contributed by atoms with van der Waals surface area (Å²) in [5, 5.41) is 3.20. The summed E-state index contributed by atoms with van der Waals surface area (Å²) >= 11 is 0. The molecule has 0 heterocycles. The van der Waals surface area contributed by atoms with Gasteiger partial charge in [-0.3, -0.25) is 5.32 Å². The maximum Gasteiger partial charge on any atom is 0.132 e. The van der Waals surface area contributed by atoms with E-state index >= 15 is 0 Å². The first-order valence-electron chi connectivity index (χ1n) is 4.64. The SMILES string of the molecule is CNC[N+](C)(C)Cc1ccccc1. The average Bonchev–Trinajstić information content (AvgIpc) is 2.04. The van der Waals surface area contributed by atoms with E-state index in [2.05, 4.69) is 49.7 Å². The molecule has 0 saturated carbocycles. The summed E-state index contributed by atoms with van der Waals surface area (Å²) in [4.78, 5) is 0. The Morgan fingerprint density at radius 3 is 2.31 bits per heavy atom. The molecule has 1 rings (SSSR count). The topological polar surface area (TPSA) is 12.0 Å². The fourth-order valence-corrected chi connectivity index (χ4v) is 1.56. The van der Waals surface area contributed by atoms with Gasteiger partial charge in [-0.15, -0.1) is 0 Å². The maximum atomic E-state index is 3.20. The molecule has 0 spiro atoms. The monoisotopic (exact) mass is 179 g/mol. The Labute approximate surface area is 80.8 Å². The first-order valence-corrected chi connectivity index (χ1v) is 4.64. The van der Waals surface area contributed by atoms with Crippen LogP contribution >= 0.6 is 0 Å². The van der Waals surface area contributed by atoms with Crippen LogP contribution in [-0.2, 0) is 6.54 Å². The van der Waals surface area contributed by atoms with Crippen molar-refractivity contribution in [3.63, 3.8) is 0 Å². The van der Waals surface area contributed by atoms with E-state index < -0.39 is 0 Å². The molecule has 2 heteroatoms. The number of hydrogen-bond acceptors (Lipinski definition) is 1. The van der Waals surface area contributed by atoms with Gasteiger partial charge >= 0.3 is 0 Å². The van der Waals surface area contributed by atoms with Crippen molar-refractivity contribution in [3.05, 3.63) is 35.9 Å². The van der Waals surface area contributed by atoms with Crippen LogP contribution in [0.15, 0.2) is 30.3 Å². The Kier molecular flexibility index (Phi) is 3.46. The van der Waals surface area contributed by atoms with E-state index in [1.54, 1.807) is 0 Å². The van der Waals surface area contributed by atoms with Crippen molar-refractivity contribution in [1.82, 2.24) is 5.32 Å². The molecule has 0 aliphatic rings. The number of rotatable bonds is 4. The van der Waals surface area contributed by atoms with Crippen molar-refractivity contribution in [2.75, 3.05) is 27.8 Å². The molecule has 0 aromatic heterocycles. The zero-order valence-electron chi connectivity index (χ0n) is 8.75. The van der Waals surface area contributed by atoms with Crippen molar-refractivity contribution >= 4 is 0 Å². The van der Waals surface area contributed by atoms with E-state index in [9.17, 15) is 0 Å². The summed E-state index contributed by atoms with van der Waals surface area (Å²) in [5.74, 6) is 0. The highest BCUT2D eigenvalue weighted by Crippen LogP contribution is 2.07. The van der Waals surface area contributed by atoms with Crippen LogP contribution in [0.4, 0.5) is 0 Å². The minimum absolute atomic E-state index is 0.973. The molecular weight excluding hydrogens is 160 g/mol. The van der Waals surface area contributed by atoms with Crippen LogP contribution in [0.3, 0.4) is 0 Å². The van der Waals surface area contributed by atoms with Gasteiger partial charge in [0.05, 0.1) is 14.1 Å². The van der Waals surface area contributed by atoms with Crippen LogP contribution in [0.5, 0.6) is 0 Å². The molecule has 0 radical (unpaired) electrons. The normalized spacial score (nSPS) is 11.6. The summed E-state index contributed by atoms with van der Waals surface area (Å²) in [5.41, 5.74) is 1.39. The van der Waals surface area contributed by atoms with Crippen LogP contribution in [0.1, 0.15) is 5.56 Å². The van der Waals surface area contributed by atoms with E-state index in [1.165, 1.54) is 5.56 Å². The summed E-state index contributed by atoms with van der Waals surface area (Å²) in [6.45, 7) is 2.07. The third-order valence-corrected chi connectivity index (χ3v) is 2.04. The summed E-state index contributed by atoms with van der Waals surface area (Å²) in [6, 6.07) is 10.6. The quantitative estimate of drug-likeness (QED) is 0.545. The predicted molar refractivity (Wildman–Crippen MR) is 56.2 cm³/mol. The third kappa shape index (κ3) is 3.57. The van der Waals surface area contributed by atoms with Gasteiger partial charge in [0.1, 0.15) is 13.2 Å². The Bertz CT molecular complexity index is 242. The van der Waals surface area contributed by atoms with Gasteiger partial charge in [-0.05, 0) is 7.05 Å². The lowest BCUT2D eigenvalue weighted by molar-refractivity contribution is -0.906. The van der Waals surface area contributed by atoms with Crippen molar-refractivity contribution < 1.29 is 4.48 Å². The lowest BCUT2D eigenvalue weighted by atomic mass is 10.2. The van der Waals surface area contributed by atoms with Gasteiger partial charge in [-0.1, -0.05) is 30.3 Å². The van der Waals surface area contributed by atoms with Gasteiger partial charge in [-0.2, -0.15) is 0 Å². The smallest absolute Gasteiger partial charge is 0.132 e. The Morgan fingerprint density at radius 2 is 1.77 bits per heavy atom. The van der Waals surface area contributed by atoms with Gasteiger partial charge in [-0.25, -0.2) is 0 Å². The van der Waals surface area contributed by atoms with Crippen LogP contribution in [-0.4, -0.2) is 32.3 Å². The van der Waals surface area contributed by atoms with Crippen LogP contribution in [0.25, 0.3) is 0 Å². The molecule has 0 aliphatic heterocycles. The molecule has 0 aliphatic carbocycles. The van der Waals surface area contributed by atoms with Gasteiger partial charge in [0.25, 0.3) is 0 Å². The zero-order valence-corrected chi connectivity index (χ0v) is 8.75. The lowest BCUT2D eigenvalue weighted by Crippen LogP contribution is -2.44. The van der Waals surface area contributed by atoms with Crippen molar-refractivity contribution in [1.29, 1.82) is 0 Å². The molecule has 0 atom stereocenters. The first-order chi connectivity index (χ1) is 6.14. The summed E-state index contributed by atoms with van der Waals surface area (Å²) in [6.07, 6.45) is 0.